The average molecular weight is 291 g/mol. The maximum absolute atomic E-state index is 12.3. The van der Waals surface area contributed by atoms with Crippen LogP contribution < -0.4 is 5.32 Å². The van der Waals surface area contributed by atoms with Crippen LogP contribution in [0.3, 0.4) is 0 Å². The average Bonchev–Trinajstić information content (AvgIpc) is 2.81. The van der Waals surface area contributed by atoms with E-state index in [1.807, 2.05) is 32.0 Å². The van der Waals surface area contributed by atoms with E-state index >= 15 is 0 Å². The number of carbonyl (C=O) groups excluding carboxylic acids is 1. The second kappa shape index (κ2) is 6.26. The summed E-state index contributed by atoms with van der Waals surface area (Å²) in [6.07, 6.45) is 0.698. The fraction of sp³-hybridized carbons (Fsp3) is 0.500. The zero-order valence-electron chi connectivity index (χ0n) is 12.4. The minimum atomic E-state index is -0.923. The highest BCUT2D eigenvalue weighted by Gasteiger charge is 2.38. The van der Waals surface area contributed by atoms with Crippen molar-refractivity contribution < 1.29 is 19.4 Å². The lowest BCUT2D eigenvalue weighted by atomic mass is 9.93. The van der Waals surface area contributed by atoms with Crippen LogP contribution in [0.5, 0.6) is 0 Å². The van der Waals surface area contributed by atoms with Crippen LogP contribution in [0.4, 0.5) is 0 Å². The van der Waals surface area contributed by atoms with Gasteiger partial charge in [0.25, 0.3) is 0 Å². The van der Waals surface area contributed by atoms with E-state index in [2.05, 4.69) is 5.32 Å². The number of carboxylic acid groups (broad SMARTS) is 1. The SMILES string of the molecule is Cc1cccc(C)c1CC(=O)NC1(CC(=O)O)CCOC1. The van der Waals surface area contributed by atoms with Gasteiger partial charge in [-0.3, -0.25) is 9.59 Å². The molecule has 114 valence electrons. The summed E-state index contributed by atoms with van der Waals surface area (Å²) in [5.74, 6) is -1.08. The zero-order chi connectivity index (χ0) is 15.5. The van der Waals surface area contributed by atoms with Crippen molar-refractivity contribution in [2.75, 3.05) is 13.2 Å². The Kier molecular flexibility index (Phi) is 4.63. The molecule has 21 heavy (non-hydrogen) atoms. The van der Waals surface area contributed by atoms with E-state index in [1.54, 1.807) is 0 Å². The number of carboxylic acids is 1. The van der Waals surface area contributed by atoms with Crippen LogP contribution >= 0.6 is 0 Å². The number of amides is 1. The van der Waals surface area contributed by atoms with Crippen LogP contribution in [0.1, 0.15) is 29.5 Å². The summed E-state index contributed by atoms with van der Waals surface area (Å²) in [6, 6.07) is 5.91. The molecule has 1 aromatic carbocycles. The van der Waals surface area contributed by atoms with Crippen molar-refractivity contribution in [1.29, 1.82) is 0 Å². The lowest BCUT2D eigenvalue weighted by Crippen LogP contribution is -2.51. The van der Waals surface area contributed by atoms with Gasteiger partial charge < -0.3 is 15.2 Å². The van der Waals surface area contributed by atoms with E-state index in [4.69, 9.17) is 9.84 Å². The van der Waals surface area contributed by atoms with Gasteiger partial charge in [-0.25, -0.2) is 0 Å². The summed E-state index contributed by atoms with van der Waals surface area (Å²) in [4.78, 5) is 23.3. The van der Waals surface area contributed by atoms with Crippen LogP contribution in [0, 0.1) is 13.8 Å². The highest BCUT2D eigenvalue weighted by atomic mass is 16.5. The van der Waals surface area contributed by atoms with Gasteiger partial charge in [0.15, 0.2) is 0 Å². The van der Waals surface area contributed by atoms with Crippen molar-refractivity contribution in [2.24, 2.45) is 0 Å². The predicted octanol–water partition coefficient (Wildman–Crippen LogP) is 1.60. The first-order valence-corrected chi connectivity index (χ1v) is 7.07. The summed E-state index contributed by atoms with van der Waals surface area (Å²) in [7, 11) is 0. The van der Waals surface area contributed by atoms with E-state index in [0.29, 0.717) is 13.0 Å². The molecule has 0 bridgehead atoms. The molecule has 5 nitrogen and oxygen atoms in total. The third kappa shape index (κ3) is 3.82. The number of rotatable bonds is 5. The first-order chi connectivity index (χ1) is 9.92. The number of aliphatic carboxylic acids is 1. The van der Waals surface area contributed by atoms with E-state index in [0.717, 1.165) is 16.7 Å². The third-order valence-corrected chi connectivity index (χ3v) is 3.98. The van der Waals surface area contributed by atoms with Gasteiger partial charge in [-0.1, -0.05) is 18.2 Å². The predicted molar refractivity (Wildman–Crippen MR) is 78.2 cm³/mol. The summed E-state index contributed by atoms with van der Waals surface area (Å²) in [5, 5.41) is 11.9. The molecule has 1 unspecified atom stereocenters. The number of nitrogens with one attached hydrogen (secondary N) is 1. The number of hydrogen-bond acceptors (Lipinski definition) is 3. The molecule has 1 atom stereocenters. The quantitative estimate of drug-likeness (QED) is 0.864. The Bertz CT molecular complexity index is 527. The van der Waals surface area contributed by atoms with E-state index in [9.17, 15) is 9.59 Å². The molecule has 1 aromatic rings. The molecule has 0 spiro atoms. The van der Waals surface area contributed by atoms with Crippen molar-refractivity contribution in [3.63, 3.8) is 0 Å². The van der Waals surface area contributed by atoms with Crippen molar-refractivity contribution in [3.05, 3.63) is 34.9 Å². The molecule has 0 aromatic heterocycles. The Morgan fingerprint density at radius 2 is 2.00 bits per heavy atom. The van der Waals surface area contributed by atoms with Crippen molar-refractivity contribution in [2.45, 2.75) is 38.6 Å². The summed E-state index contributed by atoms with van der Waals surface area (Å²) in [6.45, 7) is 4.69. The van der Waals surface area contributed by atoms with Crippen molar-refractivity contribution in [3.8, 4) is 0 Å². The van der Waals surface area contributed by atoms with Gasteiger partial charge in [0.1, 0.15) is 0 Å². The number of aryl methyl sites for hydroxylation is 2. The molecule has 2 N–H and O–H groups in total. The Morgan fingerprint density at radius 1 is 1.33 bits per heavy atom. The fourth-order valence-electron chi connectivity index (χ4n) is 2.81. The Labute approximate surface area is 124 Å². The van der Waals surface area contributed by atoms with Crippen LogP contribution in [-0.4, -0.2) is 35.7 Å². The van der Waals surface area contributed by atoms with Crippen LogP contribution in [0.2, 0.25) is 0 Å². The molecule has 1 aliphatic heterocycles. The summed E-state index contributed by atoms with van der Waals surface area (Å²) in [5.41, 5.74) is 2.37. The monoisotopic (exact) mass is 291 g/mol. The molecule has 1 heterocycles. The first-order valence-electron chi connectivity index (χ1n) is 7.07. The molecule has 1 amide bonds. The maximum Gasteiger partial charge on any atom is 0.305 e. The minimum Gasteiger partial charge on any atom is -0.481 e. The van der Waals surface area contributed by atoms with Gasteiger partial charge >= 0.3 is 5.97 Å². The molecule has 1 aliphatic rings. The van der Waals surface area contributed by atoms with E-state index < -0.39 is 11.5 Å². The second-order valence-electron chi connectivity index (χ2n) is 5.75. The smallest absolute Gasteiger partial charge is 0.305 e. The van der Waals surface area contributed by atoms with Crippen LogP contribution in [-0.2, 0) is 20.7 Å². The van der Waals surface area contributed by atoms with Gasteiger partial charge in [0.05, 0.1) is 25.0 Å². The van der Waals surface area contributed by atoms with Crippen LogP contribution in [0.15, 0.2) is 18.2 Å². The Hall–Kier alpha value is -1.88. The molecule has 0 radical (unpaired) electrons. The van der Waals surface area contributed by atoms with Gasteiger partial charge in [0.2, 0.25) is 5.91 Å². The van der Waals surface area contributed by atoms with E-state index in [1.165, 1.54) is 0 Å². The van der Waals surface area contributed by atoms with Crippen molar-refractivity contribution >= 4 is 11.9 Å². The molecule has 0 saturated carbocycles. The molecular weight excluding hydrogens is 270 g/mol. The lowest BCUT2D eigenvalue weighted by molar-refractivity contribution is -0.139. The highest BCUT2D eigenvalue weighted by Crippen LogP contribution is 2.23. The molecular formula is C16H21NO4. The molecule has 0 aliphatic carbocycles. The highest BCUT2D eigenvalue weighted by molar-refractivity contribution is 5.81. The third-order valence-electron chi connectivity index (χ3n) is 3.98. The van der Waals surface area contributed by atoms with Gasteiger partial charge in [-0.05, 0) is 37.0 Å². The number of carbonyl (C=O) groups is 2. The standard InChI is InChI=1S/C16H21NO4/c1-11-4-3-5-12(2)13(11)8-14(18)17-16(9-15(19)20)6-7-21-10-16/h3-5H,6-10H2,1-2H3,(H,17,18)(H,19,20). The summed E-state index contributed by atoms with van der Waals surface area (Å²) >= 11 is 0. The second-order valence-corrected chi connectivity index (χ2v) is 5.75. The first kappa shape index (κ1) is 15.5. The number of hydrogen-bond donors (Lipinski definition) is 2. The zero-order valence-corrected chi connectivity index (χ0v) is 12.4. The Morgan fingerprint density at radius 3 is 2.52 bits per heavy atom. The molecule has 5 heteroatoms. The van der Waals surface area contributed by atoms with Gasteiger partial charge in [-0.2, -0.15) is 0 Å². The Balaban J connectivity index is 2.08. The molecule has 1 fully saturated rings. The number of benzene rings is 1. The largest absolute Gasteiger partial charge is 0.481 e. The topological polar surface area (TPSA) is 75.6 Å². The van der Waals surface area contributed by atoms with Gasteiger partial charge in [-0.15, -0.1) is 0 Å². The lowest BCUT2D eigenvalue weighted by Gasteiger charge is -2.27. The fourth-order valence-corrected chi connectivity index (χ4v) is 2.81. The normalized spacial score (nSPS) is 21.2. The molecule has 1 saturated heterocycles. The van der Waals surface area contributed by atoms with Gasteiger partial charge in [0, 0.05) is 6.61 Å². The summed E-state index contributed by atoms with van der Waals surface area (Å²) < 4.78 is 5.28. The van der Waals surface area contributed by atoms with Crippen molar-refractivity contribution in [1.82, 2.24) is 5.32 Å². The molecule has 2 rings (SSSR count). The minimum absolute atomic E-state index is 0.106. The maximum atomic E-state index is 12.3. The van der Waals surface area contributed by atoms with E-state index in [-0.39, 0.29) is 25.4 Å². The van der Waals surface area contributed by atoms with Crippen LogP contribution in [0.25, 0.3) is 0 Å². The number of ether oxygens (including phenoxy) is 1.